The molecule has 4 aliphatic carbocycles. The fourth-order valence-corrected chi connectivity index (χ4v) is 10.2. The van der Waals surface area contributed by atoms with E-state index in [0.29, 0.717) is 23.5 Å². The Morgan fingerprint density at radius 3 is 2.04 bits per heavy atom. The van der Waals surface area contributed by atoms with Gasteiger partial charge in [0.2, 0.25) is 0 Å². The van der Waals surface area contributed by atoms with Gasteiger partial charge >= 0.3 is 0 Å². The van der Waals surface area contributed by atoms with Gasteiger partial charge in [-0.15, -0.1) is 0 Å². The first-order valence-electron chi connectivity index (χ1n) is 24.3. The minimum Gasteiger partial charge on any atom is -0.398 e. The number of hydrogen-bond donors (Lipinski definition) is 3. The monoisotopic (exact) mass is 879 g/mol. The van der Waals surface area contributed by atoms with Gasteiger partial charge in [0, 0.05) is 52.3 Å². The van der Waals surface area contributed by atoms with Crippen LogP contribution in [0.4, 0.5) is 5.69 Å². The molecule has 6 atom stereocenters. The summed E-state index contributed by atoms with van der Waals surface area (Å²) in [4.78, 5) is 4.96. The zero-order chi connectivity index (χ0) is 46.5. The van der Waals surface area contributed by atoms with Crippen LogP contribution in [-0.2, 0) is 0 Å². The maximum absolute atomic E-state index is 7.00. The lowest BCUT2D eigenvalue weighted by Gasteiger charge is -2.34. The number of fused-ring (bicyclic) bond motifs is 7. The fraction of sp³-hybridized carbons (Fsp3) is 0.222. The van der Waals surface area contributed by atoms with Crippen molar-refractivity contribution in [1.82, 2.24) is 0 Å². The largest absolute Gasteiger partial charge is 0.398 e. The summed E-state index contributed by atoms with van der Waals surface area (Å²) in [6.45, 7) is 10.1. The molecule has 0 radical (unpaired) electrons. The SMILES string of the molecule is C=C/C=C(\C=C(\Nc1ccccc1C1=CC2CC1[C@@H](c1ccc(C(/C=C(\N)c3ccccc3)=N\C=C/C=C\C=C\C)cc1)c1ccccc1C1CC2C=CC1N)C1CC1)c1ccccc1.CC. The molecule has 5 aromatic rings. The van der Waals surface area contributed by atoms with E-state index in [1.54, 1.807) is 0 Å². The number of nitrogens with two attached hydrogens (primary N) is 2. The predicted octanol–water partition coefficient (Wildman–Crippen LogP) is 15.0. The molecule has 5 N–H and O–H groups in total. The molecule has 4 bridgehead atoms. The van der Waals surface area contributed by atoms with Crippen LogP contribution in [0.1, 0.15) is 97.2 Å². The van der Waals surface area contributed by atoms with Crippen LogP contribution in [0.5, 0.6) is 0 Å². The minimum absolute atomic E-state index is 0.0227. The molecule has 9 rings (SSSR count). The van der Waals surface area contributed by atoms with Crippen molar-refractivity contribution < 1.29 is 0 Å². The van der Waals surface area contributed by atoms with Crippen LogP contribution in [0.25, 0.3) is 16.8 Å². The summed E-state index contributed by atoms with van der Waals surface area (Å²) >= 11 is 0. The van der Waals surface area contributed by atoms with Crippen LogP contribution in [0.15, 0.2) is 230 Å². The number of aliphatic imine (C=N–C) groups is 1. The van der Waals surface area contributed by atoms with Gasteiger partial charge in [-0.25, -0.2) is 0 Å². The molecule has 0 aromatic heterocycles. The highest BCUT2D eigenvalue weighted by Gasteiger charge is 2.43. The van der Waals surface area contributed by atoms with Crippen molar-refractivity contribution in [3.63, 3.8) is 0 Å². The van der Waals surface area contributed by atoms with E-state index in [4.69, 9.17) is 16.5 Å². The van der Waals surface area contributed by atoms with Gasteiger partial charge < -0.3 is 16.8 Å². The highest BCUT2D eigenvalue weighted by Crippen LogP contribution is 2.55. The van der Waals surface area contributed by atoms with E-state index in [2.05, 4.69) is 145 Å². The Kier molecular flexibility index (Phi) is 15.6. The number of rotatable bonds is 14. The number of anilines is 1. The molecule has 0 spiro atoms. The van der Waals surface area contributed by atoms with Crippen LogP contribution in [0, 0.1) is 23.7 Å². The Bertz CT molecular complexity index is 2760. The second-order valence-corrected chi connectivity index (χ2v) is 17.8. The molecule has 4 heteroatoms. The van der Waals surface area contributed by atoms with E-state index >= 15 is 0 Å². The van der Waals surface area contributed by atoms with Crippen molar-refractivity contribution >= 4 is 28.2 Å². The summed E-state index contributed by atoms with van der Waals surface area (Å²) < 4.78 is 0. The molecular formula is C63H66N4. The Balaban J connectivity index is 0.00000300. The van der Waals surface area contributed by atoms with Crippen LogP contribution in [0.2, 0.25) is 0 Å². The highest BCUT2D eigenvalue weighted by atomic mass is 14.9. The molecular weight excluding hydrogens is 813 g/mol. The van der Waals surface area contributed by atoms with E-state index in [9.17, 15) is 0 Å². The molecule has 338 valence electrons. The van der Waals surface area contributed by atoms with E-state index in [0.717, 1.165) is 40.9 Å². The molecule has 4 nitrogen and oxygen atoms in total. The van der Waals surface area contributed by atoms with Gasteiger partial charge in [-0.1, -0.05) is 203 Å². The third kappa shape index (κ3) is 11.0. The molecule has 0 saturated heterocycles. The third-order valence-electron chi connectivity index (χ3n) is 13.6. The van der Waals surface area contributed by atoms with E-state index < -0.39 is 0 Å². The molecule has 67 heavy (non-hydrogen) atoms. The lowest BCUT2D eigenvalue weighted by atomic mass is 9.71. The summed E-state index contributed by atoms with van der Waals surface area (Å²) in [7, 11) is 0. The van der Waals surface area contributed by atoms with Crippen molar-refractivity contribution in [2.24, 2.45) is 40.1 Å². The van der Waals surface area contributed by atoms with Crippen molar-refractivity contribution in [2.45, 2.75) is 64.3 Å². The number of benzene rings is 5. The number of nitrogens with one attached hydrogen (secondary N) is 1. The molecule has 5 aromatic carbocycles. The zero-order valence-corrected chi connectivity index (χ0v) is 39.4. The molecule has 5 unspecified atom stereocenters. The fourth-order valence-electron chi connectivity index (χ4n) is 10.2. The third-order valence-corrected chi connectivity index (χ3v) is 13.6. The summed E-state index contributed by atoms with van der Waals surface area (Å²) in [5.41, 5.74) is 28.7. The standard InChI is InChI=1S/C61H60N4.C2H6/c1-3-5-6-7-18-36-64-59(41-57(63)43-22-12-9-13-23-43)44-30-32-46(33-31-44)61-52-26-15-14-24-50(52)54-37-48(34-35-56(54)62)49-38-53(55(61)39-49)51-25-16-17-27-58(51)65-60(45-28-29-45)40-47(19-4-2)42-20-10-8-11-21-42;1-2/h3-27,30-36,38,40-41,45,48-49,54-56,61,65H,2,28-29,37,39,62-63H2,1H3;1-2H3/b5-3+,7-6-,36-18-,47-19+,57-41-,60-40+,64-59-;/t48?,49?,54?,55?,56?,61-;/m0./s1. The van der Waals surface area contributed by atoms with Crippen LogP contribution >= 0.6 is 0 Å². The van der Waals surface area contributed by atoms with Crippen LogP contribution in [0.3, 0.4) is 0 Å². The quantitative estimate of drug-likeness (QED) is 0.0591. The molecule has 0 heterocycles. The first-order valence-corrected chi connectivity index (χ1v) is 24.3. The lowest BCUT2D eigenvalue weighted by Crippen LogP contribution is -2.33. The molecule has 1 saturated carbocycles. The normalized spacial score (nSPS) is 23.0. The van der Waals surface area contributed by atoms with Gasteiger partial charge in [0.05, 0.1) is 5.71 Å². The first kappa shape index (κ1) is 46.5. The van der Waals surface area contributed by atoms with Gasteiger partial charge in [0.15, 0.2) is 0 Å². The smallest absolute Gasteiger partial charge is 0.0722 e. The summed E-state index contributed by atoms with van der Waals surface area (Å²) in [5.74, 6) is 1.87. The Morgan fingerprint density at radius 1 is 0.672 bits per heavy atom. The van der Waals surface area contributed by atoms with E-state index in [-0.39, 0.29) is 23.8 Å². The zero-order valence-electron chi connectivity index (χ0n) is 39.4. The minimum atomic E-state index is -0.0227. The average molecular weight is 879 g/mol. The second-order valence-electron chi connectivity index (χ2n) is 17.8. The van der Waals surface area contributed by atoms with Gasteiger partial charge in [-0.3, -0.25) is 4.99 Å². The number of allylic oxidation sites excluding steroid dienone is 14. The topological polar surface area (TPSA) is 76.4 Å². The Hall–Kier alpha value is -7.01. The Morgan fingerprint density at radius 2 is 1.33 bits per heavy atom. The van der Waals surface area contributed by atoms with Gasteiger partial charge in [-0.05, 0) is 120 Å². The molecule has 4 aliphatic rings. The molecule has 0 amide bonds. The lowest BCUT2D eigenvalue weighted by molar-refractivity contribution is 0.355. The van der Waals surface area contributed by atoms with E-state index in [1.165, 1.54) is 51.9 Å². The second kappa shape index (κ2) is 22.5. The van der Waals surface area contributed by atoms with Crippen molar-refractivity contribution in [3.8, 4) is 0 Å². The van der Waals surface area contributed by atoms with Gasteiger partial charge in [0.25, 0.3) is 0 Å². The van der Waals surface area contributed by atoms with Crippen molar-refractivity contribution in [2.75, 3.05) is 5.32 Å². The average Bonchev–Trinajstić information content (AvgIpc) is 4.14. The maximum Gasteiger partial charge on any atom is 0.0722 e. The first-order chi connectivity index (χ1) is 33.0. The van der Waals surface area contributed by atoms with Crippen LogP contribution in [-0.4, -0.2) is 11.8 Å². The van der Waals surface area contributed by atoms with Gasteiger partial charge in [-0.2, -0.15) is 0 Å². The number of para-hydroxylation sites is 1. The maximum atomic E-state index is 7.00. The van der Waals surface area contributed by atoms with Gasteiger partial charge in [0.1, 0.15) is 0 Å². The number of nitrogens with zero attached hydrogens (tertiary/aromatic N) is 1. The van der Waals surface area contributed by atoms with E-state index in [1.807, 2.05) is 99.8 Å². The van der Waals surface area contributed by atoms with Crippen molar-refractivity contribution in [3.05, 3.63) is 264 Å². The number of hydrogen-bond acceptors (Lipinski definition) is 4. The summed E-state index contributed by atoms with van der Waals surface area (Å²) in [6, 6.07) is 48.0. The van der Waals surface area contributed by atoms with Crippen molar-refractivity contribution in [1.29, 1.82) is 0 Å². The Labute approximate surface area is 400 Å². The predicted molar refractivity (Wildman–Crippen MR) is 287 cm³/mol. The summed E-state index contributed by atoms with van der Waals surface area (Å²) in [6.07, 6.45) is 31.9. The summed E-state index contributed by atoms with van der Waals surface area (Å²) in [5, 5.41) is 4.04. The highest BCUT2D eigenvalue weighted by molar-refractivity contribution is 6.12. The molecule has 1 fully saturated rings. The van der Waals surface area contributed by atoms with Crippen LogP contribution < -0.4 is 16.8 Å². The molecule has 0 aliphatic heterocycles.